The van der Waals surface area contributed by atoms with Crippen molar-refractivity contribution < 1.29 is 14.6 Å². The van der Waals surface area contributed by atoms with Crippen molar-refractivity contribution in [3.05, 3.63) is 42.5 Å². The Hall–Kier alpha value is -2.07. The van der Waals surface area contributed by atoms with Crippen LogP contribution in [0, 0.1) is 0 Å². The predicted molar refractivity (Wildman–Crippen MR) is 88.4 cm³/mol. The first kappa shape index (κ1) is 16.3. The van der Waals surface area contributed by atoms with Gasteiger partial charge in [0.25, 0.3) is 0 Å². The van der Waals surface area contributed by atoms with E-state index in [2.05, 4.69) is 17.4 Å². The van der Waals surface area contributed by atoms with Crippen LogP contribution in [0.1, 0.15) is 26.2 Å². The molecule has 0 heterocycles. The van der Waals surface area contributed by atoms with Crippen LogP contribution in [0.4, 0.5) is 0 Å². The third-order valence-electron chi connectivity index (χ3n) is 3.58. The Morgan fingerprint density at radius 1 is 1.23 bits per heavy atom. The van der Waals surface area contributed by atoms with E-state index in [4.69, 9.17) is 9.84 Å². The van der Waals surface area contributed by atoms with Gasteiger partial charge in [-0.3, -0.25) is 4.79 Å². The minimum Gasteiger partial charge on any atom is -0.494 e. The SMILES string of the molecule is CCCC(NCCCOc1ccc2ccccc2c1)C(=O)O. The highest BCUT2D eigenvalue weighted by Gasteiger charge is 2.14. The van der Waals surface area contributed by atoms with E-state index in [9.17, 15) is 4.79 Å². The van der Waals surface area contributed by atoms with Crippen LogP contribution in [0.3, 0.4) is 0 Å². The Kier molecular flexibility index (Phi) is 6.22. The zero-order chi connectivity index (χ0) is 15.8. The van der Waals surface area contributed by atoms with Crippen molar-refractivity contribution in [1.82, 2.24) is 5.32 Å². The van der Waals surface area contributed by atoms with Crippen LogP contribution in [0.15, 0.2) is 42.5 Å². The van der Waals surface area contributed by atoms with E-state index in [1.807, 2.05) is 37.3 Å². The first-order valence-electron chi connectivity index (χ1n) is 7.78. The zero-order valence-corrected chi connectivity index (χ0v) is 12.9. The van der Waals surface area contributed by atoms with Gasteiger partial charge in [-0.25, -0.2) is 0 Å². The lowest BCUT2D eigenvalue weighted by atomic mass is 10.1. The lowest BCUT2D eigenvalue weighted by molar-refractivity contribution is -0.139. The molecule has 118 valence electrons. The van der Waals surface area contributed by atoms with Crippen LogP contribution >= 0.6 is 0 Å². The summed E-state index contributed by atoms with van der Waals surface area (Å²) in [6, 6.07) is 13.7. The molecule has 2 N–H and O–H groups in total. The molecule has 1 atom stereocenters. The molecule has 0 saturated carbocycles. The summed E-state index contributed by atoms with van der Waals surface area (Å²) < 4.78 is 5.73. The molecule has 22 heavy (non-hydrogen) atoms. The van der Waals surface area contributed by atoms with Crippen LogP contribution in [0.25, 0.3) is 10.8 Å². The fourth-order valence-electron chi connectivity index (χ4n) is 2.40. The molecular formula is C18H23NO3. The Labute approximate surface area is 131 Å². The van der Waals surface area contributed by atoms with E-state index in [0.717, 1.165) is 24.0 Å². The normalized spacial score (nSPS) is 12.2. The summed E-state index contributed by atoms with van der Waals surface area (Å²) in [5.74, 6) is 0.0688. The van der Waals surface area contributed by atoms with E-state index in [-0.39, 0.29) is 0 Å². The number of hydrogen-bond acceptors (Lipinski definition) is 3. The third kappa shape index (κ3) is 4.74. The van der Waals surface area contributed by atoms with Crippen LogP contribution in [0.2, 0.25) is 0 Å². The first-order valence-corrected chi connectivity index (χ1v) is 7.78. The minimum atomic E-state index is -0.780. The number of ether oxygens (including phenoxy) is 1. The smallest absolute Gasteiger partial charge is 0.320 e. The number of nitrogens with one attached hydrogen (secondary N) is 1. The number of fused-ring (bicyclic) bond motifs is 1. The molecule has 2 aromatic rings. The third-order valence-corrected chi connectivity index (χ3v) is 3.58. The van der Waals surface area contributed by atoms with Gasteiger partial charge in [0.15, 0.2) is 0 Å². The lowest BCUT2D eigenvalue weighted by Crippen LogP contribution is -2.37. The van der Waals surface area contributed by atoms with Gasteiger partial charge >= 0.3 is 5.97 Å². The Bertz CT molecular complexity index is 612. The molecule has 0 bridgehead atoms. The maximum Gasteiger partial charge on any atom is 0.320 e. The number of hydrogen-bond donors (Lipinski definition) is 2. The van der Waals surface area contributed by atoms with Gasteiger partial charge < -0.3 is 15.2 Å². The second kappa shape index (κ2) is 8.39. The van der Waals surface area contributed by atoms with Crippen LogP contribution in [-0.4, -0.2) is 30.3 Å². The van der Waals surface area contributed by atoms with Gasteiger partial charge in [-0.05, 0) is 42.3 Å². The van der Waals surface area contributed by atoms with Crippen molar-refractivity contribution >= 4 is 16.7 Å². The molecule has 0 radical (unpaired) electrons. The largest absolute Gasteiger partial charge is 0.494 e. The number of rotatable bonds is 9. The molecule has 0 aliphatic carbocycles. The number of carboxylic acids is 1. The predicted octanol–water partition coefficient (Wildman–Crippen LogP) is 3.45. The van der Waals surface area contributed by atoms with Gasteiger partial charge in [-0.1, -0.05) is 43.7 Å². The molecular weight excluding hydrogens is 278 g/mol. The van der Waals surface area contributed by atoms with Crippen molar-refractivity contribution in [3.63, 3.8) is 0 Å². The fraction of sp³-hybridized carbons (Fsp3) is 0.389. The average Bonchev–Trinajstić information content (AvgIpc) is 2.53. The standard InChI is InChI=1S/C18H23NO3/c1-2-6-17(18(20)21)19-11-5-12-22-16-10-9-14-7-3-4-8-15(14)13-16/h3-4,7-10,13,17,19H,2,5-6,11-12H2,1H3,(H,20,21). The van der Waals surface area contributed by atoms with Gasteiger partial charge in [-0.15, -0.1) is 0 Å². The molecule has 1 unspecified atom stereocenters. The Morgan fingerprint density at radius 2 is 2.00 bits per heavy atom. The fourth-order valence-corrected chi connectivity index (χ4v) is 2.40. The highest BCUT2D eigenvalue weighted by Crippen LogP contribution is 2.20. The van der Waals surface area contributed by atoms with Crippen molar-refractivity contribution in [2.75, 3.05) is 13.2 Å². The van der Waals surface area contributed by atoms with E-state index >= 15 is 0 Å². The molecule has 0 aliphatic heterocycles. The number of aliphatic carboxylic acids is 1. The minimum absolute atomic E-state index is 0.453. The summed E-state index contributed by atoms with van der Waals surface area (Å²) in [6.45, 7) is 3.20. The van der Waals surface area contributed by atoms with Crippen molar-refractivity contribution in [3.8, 4) is 5.75 Å². The molecule has 2 rings (SSSR count). The van der Waals surface area contributed by atoms with Crippen LogP contribution < -0.4 is 10.1 Å². The summed E-state index contributed by atoms with van der Waals surface area (Å²) in [5, 5.41) is 14.5. The second-order valence-electron chi connectivity index (χ2n) is 5.34. The highest BCUT2D eigenvalue weighted by molar-refractivity contribution is 5.83. The average molecular weight is 301 g/mol. The van der Waals surface area contributed by atoms with E-state index in [0.29, 0.717) is 19.6 Å². The Morgan fingerprint density at radius 3 is 2.73 bits per heavy atom. The van der Waals surface area contributed by atoms with Crippen LogP contribution in [0.5, 0.6) is 5.75 Å². The maximum atomic E-state index is 11.0. The molecule has 4 heteroatoms. The monoisotopic (exact) mass is 301 g/mol. The molecule has 0 amide bonds. The van der Waals surface area contributed by atoms with Gasteiger partial charge in [0.05, 0.1) is 6.61 Å². The first-order chi connectivity index (χ1) is 10.7. The summed E-state index contributed by atoms with van der Waals surface area (Å²) in [7, 11) is 0. The molecule has 0 aliphatic rings. The van der Waals surface area contributed by atoms with Gasteiger partial charge in [0.1, 0.15) is 11.8 Å². The number of carboxylic acid groups (broad SMARTS) is 1. The maximum absolute atomic E-state index is 11.0. The molecule has 2 aromatic carbocycles. The molecule has 0 spiro atoms. The van der Waals surface area contributed by atoms with Crippen LogP contribution in [-0.2, 0) is 4.79 Å². The molecule has 4 nitrogen and oxygen atoms in total. The zero-order valence-electron chi connectivity index (χ0n) is 12.9. The summed E-state index contributed by atoms with van der Waals surface area (Å²) in [6.07, 6.45) is 2.29. The summed E-state index contributed by atoms with van der Waals surface area (Å²) >= 11 is 0. The topological polar surface area (TPSA) is 58.6 Å². The summed E-state index contributed by atoms with van der Waals surface area (Å²) in [4.78, 5) is 11.0. The molecule has 0 fully saturated rings. The number of benzene rings is 2. The van der Waals surface area contributed by atoms with Crippen molar-refractivity contribution in [2.45, 2.75) is 32.2 Å². The van der Waals surface area contributed by atoms with E-state index in [1.54, 1.807) is 0 Å². The van der Waals surface area contributed by atoms with Crippen molar-refractivity contribution in [1.29, 1.82) is 0 Å². The Balaban J connectivity index is 1.74. The number of carbonyl (C=O) groups is 1. The quantitative estimate of drug-likeness (QED) is 0.696. The van der Waals surface area contributed by atoms with Crippen molar-refractivity contribution in [2.24, 2.45) is 0 Å². The van der Waals surface area contributed by atoms with Gasteiger partial charge in [-0.2, -0.15) is 0 Å². The molecule has 0 saturated heterocycles. The lowest BCUT2D eigenvalue weighted by Gasteiger charge is -2.13. The van der Waals surface area contributed by atoms with E-state index in [1.165, 1.54) is 5.39 Å². The second-order valence-corrected chi connectivity index (χ2v) is 5.34. The molecule has 0 aromatic heterocycles. The highest BCUT2D eigenvalue weighted by atomic mass is 16.5. The summed E-state index contributed by atoms with van der Waals surface area (Å²) in [5.41, 5.74) is 0. The van der Waals surface area contributed by atoms with E-state index < -0.39 is 12.0 Å². The van der Waals surface area contributed by atoms with Gasteiger partial charge in [0, 0.05) is 0 Å². The van der Waals surface area contributed by atoms with Gasteiger partial charge in [0.2, 0.25) is 0 Å².